The summed E-state index contributed by atoms with van der Waals surface area (Å²) in [4.78, 5) is 0. The summed E-state index contributed by atoms with van der Waals surface area (Å²) < 4.78 is 0. The molecule has 0 aromatic heterocycles. The van der Waals surface area contributed by atoms with Crippen LogP contribution in [0, 0.1) is 0 Å². The molecule has 104 valence electrons. The molecule has 0 aliphatic rings. The highest BCUT2D eigenvalue weighted by atomic mass is 14.6. The van der Waals surface area contributed by atoms with Gasteiger partial charge in [0.25, 0.3) is 0 Å². The largest absolute Gasteiger partial charge is 0.402 e. The standard InChI is InChI=1S/C16H21N.C2H6/c1-11(2)12(3)16(14(5)17)13(4)15-9-7-6-8-10-15;1-2/h6-10H,4,17H2,1-3,5H3;1-2H3/b16-14-;. The molecular weight excluding hydrogens is 230 g/mol. The van der Waals surface area contributed by atoms with Crippen molar-refractivity contribution in [1.82, 2.24) is 0 Å². The second-order valence-electron chi connectivity index (χ2n) is 4.53. The molecule has 0 aliphatic carbocycles. The predicted octanol–water partition coefficient (Wildman–Crippen LogP) is 5.32. The maximum atomic E-state index is 6.00. The van der Waals surface area contributed by atoms with Crippen LogP contribution in [0.5, 0.6) is 0 Å². The van der Waals surface area contributed by atoms with Crippen LogP contribution < -0.4 is 5.73 Å². The Morgan fingerprint density at radius 2 is 1.42 bits per heavy atom. The number of allylic oxidation sites excluding steroid dienone is 5. The van der Waals surface area contributed by atoms with Crippen LogP contribution in [0.1, 0.15) is 47.1 Å². The zero-order valence-electron chi connectivity index (χ0n) is 13.2. The van der Waals surface area contributed by atoms with Gasteiger partial charge in [-0.3, -0.25) is 0 Å². The monoisotopic (exact) mass is 257 g/mol. The van der Waals surface area contributed by atoms with Crippen molar-refractivity contribution in [3.05, 3.63) is 64.9 Å². The normalized spacial score (nSPS) is 10.8. The molecule has 0 spiro atoms. The molecule has 1 aromatic rings. The van der Waals surface area contributed by atoms with Gasteiger partial charge in [0.05, 0.1) is 0 Å². The van der Waals surface area contributed by atoms with E-state index in [1.165, 1.54) is 11.1 Å². The molecule has 2 N–H and O–H groups in total. The molecule has 19 heavy (non-hydrogen) atoms. The fourth-order valence-corrected chi connectivity index (χ4v) is 1.79. The van der Waals surface area contributed by atoms with Gasteiger partial charge in [-0.05, 0) is 44.4 Å². The van der Waals surface area contributed by atoms with Crippen molar-refractivity contribution in [2.75, 3.05) is 0 Å². The number of nitrogens with two attached hydrogens (primary N) is 1. The average molecular weight is 257 g/mol. The summed E-state index contributed by atoms with van der Waals surface area (Å²) in [5.41, 5.74) is 12.5. The quantitative estimate of drug-likeness (QED) is 0.729. The minimum atomic E-state index is 0.817. The van der Waals surface area contributed by atoms with Gasteiger partial charge in [-0.1, -0.05) is 56.3 Å². The van der Waals surface area contributed by atoms with E-state index in [-0.39, 0.29) is 0 Å². The molecular formula is C18H27N. The third kappa shape index (κ3) is 4.78. The number of hydrogen-bond acceptors (Lipinski definition) is 1. The van der Waals surface area contributed by atoms with Gasteiger partial charge >= 0.3 is 0 Å². The second-order valence-corrected chi connectivity index (χ2v) is 4.53. The zero-order chi connectivity index (χ0) is 15.0. The van der Waals surface area contributed by atoms with Gasteiger partial charge in [0.1, 0.15) is 0 Å². The first kappa shape index (κ1) is 17.2. The molecule has 0 amide bonds. The van der Waals surface area contributed by atoms with Crippen molar-refractivity contribution in [3.8, 4) is 0 Å². The minimum Gasteiger partial charge on any atom is -0.402 e. The van der Waals surface area contributed by atoms with Gasteiger partial charge < -0.3 is 5.73 Å². The predicted molar refractivity (Wildman–Crippen MR) is 87.8 cm³/mol. The Balaban J connectivity index is 0.00000154. The molecule has 1 aromatic carbocycles. The summed E-state index contributed by atoms with van der Waals surface area (Å²) in [6.45, 7) is 16.4. The van der Waals surface area contributed by atoms with Gasteiger partial charge in [-0.2, -0.15) is 0 Å². The van der Waals surface area contributed by atoms with E-state index in [1.54, 1.807) is 0 Å². The third-order valence-electron chi connectivity index (χ3n) is 2.94. The summed E-state index contributed by atoms with van der Waals surface area (Å²) in [5.74, 6) is 0. The van der Waals surface area contributed by atoms with Gasteiger partial charge in [0.2, 0.25) is 0 Å². The first-order valence-electron chi connectivity index (χ1n) is 6.80. The Morgan fingerprint density at radius 1 is 0.947 bits per heavy atom. The first-order valence-corrected chi connectivity index (χ1v) is 6.80. The summed E-state index contributed by atoms with van der Waals surface area (Å²) in [5, 5.41) is 0. The van der Waals surface area contributed by atoms with Crippen molar-refractivity contribution in [2.45, 2.75) is 41.5 Å². The molecule has 0 saturated carbocycles. The fraction of sp³-hybridized carbons (Fsp3) is 0.333. The van der Waals surface area contributed by atoms with E-state index >= 15 is 0 Å². The summed E-state index contributed by atoms with van der Waals surface area (Å²) >= 11 is 0. The Morgan fingerprint density at radius 3 is 1.79 bits per heavy atom. The number of rotatable bonds is 3. The van der Waals surface area contributed by atoms with Crippen molar-refractivity contribution in [3.63, 3.8) is 0 Å². The molecule has 0 unspecified atom stereocenters. The molecule has 0 aliphatic heterocycles. The van der Waals surface area contributed by atoms with Crippen LogP contribution in [0.15, 0.2) is 59.3 Å². The molecule has 0 saturated heterocycles. The SMILES string of the molecule is C=C(/C(C(C)=C(C)C)=C(/C)N)c1ccccc1.CC. The highest BCUT2D eigenvalue weighted by molar-refractivity contribution is 5.82. The van der Waals surface area contributed by atoms with Crippen LogP contribution >= 0.6 is 0 Å². The maximum Gasteiger partial charge on any atom is 0.0131 e. The number of benzene rings is 1. The third-order valence-corrected chi connectivity index (χ3v) is 2.94. The van der Waals surface area contributed by atoms with Gasteiger partial charge in [0, 0.05) is 11.3 Å². The van der Waals surface area contributed by atoms with Crippen LogP contribution in [0.25, 0.3) is 5.57 Å². The van der Waals surface area contributed by atoms with E-state index in [0.29, 0.717) is 0 Å². The Hall–Kier alpha value is -1.76. The van der Waals surface area contributed by atoms with Crippen LogP contribution in [0.4, 0.5) is 0 Å². The molecule has 1 rings (SSSR count). The van der Waals surface area contributed by atoms with Gasteiger partial charge in [-0.25, -0.2) is 0 Å². The minimum absolute atomic E-state index is 0.817. The molecule has 0 fully saturated rings. The Labute approximate surface area is 118 Å². The average Bonchev–Trinajstić information content (AvgIpc) is 2.41. The van der Waals surface area contributed by atoms with Crippen molar-refractivity contribution < 1.29 is 0 Å². The van der Waals surface area contributed by atoms with Crippen LogP contribution in [-0.2, 0) is 0 Å². The topological polar surface area (TPSA) is 26.0 Å². The molecule has 0 atom stereocenters. The Bertz CT molecular complexity index is 468. The van der Waals surface area contributed by atoms with Crippen LogP contribution in [-0.4, -0.2) is 0 Å². The van der Waals surface area contributed by atoms with Crippen molar-refractivity contribution in [2.24, 2.45) is 5.73 Å². The molecule has 0 bridgehead atoms. The fourth-order valence-electron chi connectivity index (χ4n) is 1.79. The van der Waals surface area contributed by atoms with Crippen molar-refractivity contribution in [1.29, 1.82) is 0 Å². The van der Waals surface area contributed by atoms with E-state index < -0.39 is 0 Å². The van der Waals surface area contributed by atoms with E-state index in [4.69, 9.17) is 5.73 Å². The molecule has 0 radical (unpaired) electrons. The second kappa shape index (κ2) is 8.36. The van der Waals surface area contributed by atoms with Crippen LogP contribution in [0.2, 0.25) is 0 Å². The number of hydrogen-bond donors (Lipinski definition) is 1. The van der Waals surface area contributed by atoms with Gasteiger partial charge in [0.15, 0.2) is 0 Å². The maximum absolute atomic E-state index is 6.00. The van der Waals surface area contributed by atoms with Gasteiger partial charge in [-0.15, -0.1) is 0 Å². The zero-order valence-corrected chi connectivity index (χ0v) is 13.2. The smallest absolute Gasteiger partial charge is 0.0131 e. The van der Waals surface area contributed by atoms with Crippen LogP contribution in [0.3, 0.4) is 0 Å². The molecule has 0 heterocycles. The highest BCUT2D eigenvalue weighted by Crippen LogP contribution is 2.29. The lowest BCUT2D eigenvalue weighted by Gasteiger charge is -2.15. The van der Waals surface area contributed by atoms with E-state index in [9.17, 15) is 0 Å². The molecule has 1 heteroatoms. The summed E-state index contributed by atoms with van der Waals surface area (Å²) in [6.07, 6.45) is 0. The lowest BCUT2D eigenvalue weighted by molar-refractivity contribution is 1.19. The lowest BCUT2D eigenvalue weighted by Crippen LogP contribution is -2.03. The highest BCUT2D eigenvalue weighted by Gasteiger charge is 2.10. The first-order chi connectivity index (χ1) is 8.95. The van der Waals surface area contributed by atoms with E-state index in [1.807, 2.05) is 39.0 Å². The van der Waals surface area contributed by atoms with E-state index in [0.717, 1.165) is 22.4 Å². The van der Waals surface area contributed by atoms with E-state index in [2.05, 4.69) is 39.5 Å². The molecule has 1 nitrogen and oxygen atoms in total. The Kier molecular flexibility index (Phi) is 7.59. The summed E-state index contributed by atoms with van der Waals surface area (Å²) in [7, 11) is 0. The summed E-state index contributed by atoms with van der Waals surface area (Å²) in [6, 6.07) is 10.2. The lowest BCUT2D eigenvalue weighted by atomic mass is 9.91. The van der Waals surface area contributed by atoms with Crippen molar-refractivity contribution >= 4 is 5.57 Å².